The Morgan fingerprint density at radius 3 is 2.67 bits per heavy atom. The van der Waals surface area contributed by atoms with Gasteiger partial charge >= 0.3 is 0 Å². The van der Waals surface area contributed by atoms with E-state index in [0.717, 1.165) is 33.3 Å². The van der Waals surface area contributed by atoms with Crippen LogP contribution in [0.1, 0.15) is 16.7 Å². The zero-order chi connectivity index (χ0) is 15.0. The van der Waals surface area contributed by atoms with Gasteiger partial charge in [-0.3, -0.25) is 4.98 Å². The minimum absolute atomic E-state index is 0.553. The molecule has 0 aliphatic carbocycles. The second kappa shape index (κ2) is 5.02. The first-order valence-electron chi connectivity index (χ1n) is 6.83. The van der Waals surface area contributed by atoms with E-state index in [1.807, 2.05) is 18.2 Å². The van der Waals surface area contributed by atoms with Crippen LogP contribution >= 0.6 is 0 Å². The minimum Gasteiger partial charge on any atom is -0.399 e. The van der Waals surface area contributed by atoms with Crippen molar-refractivity contribution in [3.05, 3.63) is 66.0 Å². The summed E-state index contributed by atoms with van der Waals surface area (Å²) in [5.74, 6) is 0. The molecule has 0 aliphatic rings. The van der Waals surface area contributed by atoms with Crippen LogP contribution in [0.5, 0.6) is 0 Å². The molecular weight excluding hydrogens is 258 g/mol. The van der Waals surface area contributed by atoms with Crippen molar-refractivity contribution in [1.82, 2.24) is 9.97 Å². The SMILES string of the molecule is C=C(N)c1cc(-c2cccnc2)nc2c(C)cc(C)cc12. The third-order valence-electron chi connectivity index (χ3n) is 3.55. The van der Waals surface area contributed by atoms with E-state index < -0.39 is 0 Å². The van der Waals surface area contributed by atoms with Crippen molar-refractivity contribution in [2.45, 2.75) is 13.8 Å². The van der Waals surface area contributed by atoms with Crippen molar-refractivity contribution in [2.24, 2.45) is 5.73 Å². The average molecular weight is 275 g/mol. The summed E-state index contributed by atoms with van der Waals surface area (Å²) in [6.45, 7) is 8.05. The first-order valence-corrected chi connectivity index (χ1v) is 6.83. The molecule has 0 bridgehead atoms. The van der Waals surface area contributed by atoms with Crippen LogP contribution in [0.15, 0.2) is 49.3 Å². The fraction of sp³-hybridized carbons (Fsp3) is 0.111. The maximum Gasteiger partial charge on any atom is 0.0745 e. The van der Waals surface area contributed by atoms with E-state index in [0.29, 0.717) is 5.70 Å². The Balaban J connectivity index is 2.38. The third kappa shape index (κ3) is 2.38. The summed E-state index contributed by atoms with van der Waals surface area (Å²) in [6, 6.07) is 10.1. The van der Waals surface area contributed by atoms with Gasteiger partial charge in [-0.25, -0.2) is 4.98 Å². The molecule has 104 valence electrons. The predicted molar refractivity (Wildman–Crippen MR) is 87.7 cm³/mol. The predicted octanol–water partition coefficient (Wildman–Crippen LogP) is 3.84. The lowest BCUT2D eigenvalue weighted by atomic mass is 9.99. The van der Waals surface area contributed by atoms with Gasteiger partial charge in [-0.2, -0.15) is 0 Å². The van der Waals surface area contributed by atoms with Gasteiger partial charge < -0.3 is 5.73 Å². The number of hydrogen-bond acceptors (Lipinski definition) is 3. The minimum atomic E-state index is 0.553. The number of fused-ring (bicyclic) bond motifs is 1. The van der Waals surface area contributed by atoms with Crippen molar-refractivity contribution < 1.29 is 0 Å². The molecule has 21 heavy (non-hydrogen) atoms. The highest BCUT2D eigenvalue weighted by molar-refractivity contribution is 5.94. The number of nitrogens with zero attached hydrogens (tertiary/aromatic N) is 2. The lowest BCUT2D eigenvalue weighted by Crippen LogP contribution is -1.99. The normalized spacial score (nSPS) is 10.8. The molecular formula is C18H17N3. The molecule has 3 heteroatoms. The third-order valence-corrected chi connectivity index (χ3v) is 3.55. The van der Waals surface area contributed by atoms with E-state index in [9.17, 15) is 0 Å². The summed E-state index contributed by atoms with van der Waals surface area (Å²) in [5, 5.41) is 1.05. The summed E-state index contributed by atoms with van der Waals surface area (Å²) in [4.78, 5) is 8.95. The number of aromatic nitrogens is 2. The summed E-state index contributed by atoms with van der Waals surface area (Å²) in [6.07, 6.45) is 3.56. The number of hydrogen-bond donors (Lipinski definition) is 1. The van der Waals surface area contributed by atoms with E-state index in [1.165, 1.54) is 5.56 Å². The molecule has 2 N–H and O–H groups in total. The van der Waals surface area contributed by atoms with Crippen LogP contribution in [0, 0.1) is 13.8 Å². The van der Waals surface area contributed by atoms with Crippen LogP contribution in [-0.4, -0.2) is 9.97 Å². The van der Waals surface area contributed by atoms with Crippen LogP contribution in [0.25, 0.3) is 27.9 Å². The monoisotopic (exact) mass is 275 g/mol. The van der Waals surface area contributed by atoms with E-state index in [1.54, 1.807) is 12.4 Å². The number of nitrogens with two attached hydrogens (primary N) is 1. The van der Waals surface area contributed by atoms with Crippen molar-refractivity contribution in [3.63, 3.8) is 0 Å². The lowest BCUT2D eigenvalue weighted by Gasteiger charge is -2.12. The van der Waals surface area contributed by atoms with Gasteiger partial charge in [0, 0.05) is 34.6 Å². The van der Waals surface area contributed by atoms with Crippen molar-refractivity contribution in [3.8, 4) is 11.3 Å². The topological polar surface area (TPSA) is 51.8 Å². The van der Waals surface area contributed by atoms with Crippen LogP contribution in [-0.2, 0) is 0 Å². The molecule has 3 rings (SSSR count). The van der Waals surface area contributed by atoms with Crippen molar-refractivity contribution >= 4 is 16.6 Å². The molecule has 0 amide bonds. The number of rotatable bonds is 2. The average Bonchev–Trinajstić information content (AvgIpc) is 2.47. The molecule has 3 aromatic rings. The largest absolute Gasteiger partial charge is 0.399 e. The smallest absolute Gasteiger partial charge is 0.0745 e. The molecule has 0 aliphatic heterocycles. The van der Waals surface area contributed by atoms with E-state index in [-0.39, 0.29) is 0 Å². The van der Waals surface area contributed by atoms with Gasteiger partial charge in [0.1, 0.15) is 0 Å². The Bertz CT molecular complexity index is 836. The second-order valence-corrected chi connectivity index (χ2v) is 5.30. The highest BCUT2D eigenvalue weighted by Crippen LogP contribution is 2.29. The zero-order valence-electron chi connectivity index (χ0n) is 12.2. The molecule has 0 saturated carbocycles. The van der Waals surface area contributed by atoms with Gasteiger partial charge in [-0.05, 0) is 43.7 Å². The molecule has 1 aromatic carbocycles. The maximum atomic E-state index is 5.99. The van der Waals surface area contributed by atoms with Crippen LogP contribution in [0.2, 0.25) is 0 Å². The standard InChI is InChI=1S/C18H17N3/c1-11-7-12(2)18-16(8-11)15(13(3)19)9-17(21-18)14-5-4-6-20-10-14/h4-10H,3,19H2,1-2H3. The molecule has 0 radical (unpaired) electrons. The van der Waals surface area contributed by atoms with E-state index in [2.05, 4.69) is 37.5 Å². The molecule has 2 aromatic heterocycles. The molecule has 0 fully saturated rings. The lowest BCUT2D eigenvalue weighted by molar-refractivity contribution is 1.29. The first kappa shape index (κ1) is 13.3. The second-order valence-electron chi connectivity index (χ2n) is 5.30. The molecule has 0 unspecified atom stereocenters. The van der Waals surface area contributed by atoms with E-state index >= 15 is 0 Å². The Kier molecular flexibility index (Phi) is 3.18. The first-order chi connectivity index (χ1) is 10.1. The molecule has 0 saturated heterocycles. The quantitative estimate of drug-likeness (QED) is 0.773. The molecule has 0 atom stereocenters. The fourth-order valence-corrected chi connectivity index (χ4v) is 2.61. The Hall–Kier alpha value is -2.68. The number of benzene rings is 1. The number of aryl methyl sites for hydroxylation is 2. The fourth-order valence-electron chi connectivity index (χ4n) is 2.61. The van der Waals surface area contributed by atoms with Gasteiger partial charge in [0.15, 0.2) is 0 Å². The molecule has 0 spiro atoms. The number of pyridine rings is 2. The summed E-state index contributed by atoms with van der Waals surface area (Å²) >= 11 is 0. The van der Waals surface area contributed by atoms with Gasteiger partial charge in [-0.15, -0.1) is 0 Å². The Morgan fingerprint density at radius 2 is 2.00 bits per heavy atom. The van der Waals surface area contributed by atoms with Crippen LogP contribution in [0.4, 0.5) is 0 Å². The Labute approximate surface area is 124 Å². The van der Waals surface area contributed by atoms with Crippen molar-refractivity contribution in [2.75, 3.05) is 0 Å². The molecule has 3 nitrogen and oxygen atoms in total. The van der Waals surface area contributed by atoms with Gasteiger partial charge in [0.05, 0.1) is 11.2 Å². The van der Waals surface area contributed by atoms with Gasteiger partial charge in [0.2, 0.25) is 0 Å². The Morgan fingerprint density at radius 1 is 1.19 bits per heavy atom. The summed E-state index contributed by atoms with van der Waals surface area (Å²) in [7, 11) is 0. The summed E-state index contributed by atoms with van der Waals surface area (Å²) in [5.41, 5.74) is 12.6. The van der Waals surface area contributed by atoms with E-state index in [4.69, 9.17) is 10.7 Å². The molecule has 2 heterocycles. The zero-order valence-corrected chi connectivity index (χ0v) is 12.2. The maximum absolute atomic E-state index is 5.99. The summed E-state index contributed by atoms with van der Waals surface area (Å²) < 4.78 is 0. The van der Waals surface area contributed by atoms with Gasteiger partial charge in [-0.1, -0.05) is 18.2 Å². The van der Waals surface area contributed by atoms with Crippen molar-refractivity contribution in [1.29, 1.82) is 0 Å². The highest BCUT2D eigenvalue weighted by Gasteiger charge is 2.11. The highest BCUT2D eigenvalue weighted by atomic mass is 14.7. The van der Waals surface area contributed by atoms with Crippen LogP contribution in [0.3, 0.4) is 0 Å². The van der Waals surface area contributed by atoms with Gasteiger partial charge in [0.25, 0.3) is 0 Å². The van der Waals surface area contributed by atoms with Crippen LogP contribution < -0.4 is 5.73 Å².